The van der Waals surface area contributed by atoms with Gasteiger partial charge in [-0.1, -0.05) is 55.1 Å². The molecule has 2 aromatic heterocycles. The number of nitrogens with zero attached hydrogens (tertiary/aromatic N) is 2. The minimum absolute atomic E-state index is 0.0600. The lowest BCUT2D eigenvalue weighted by Crippen LogP contribution is -2.41. The number of nitrogens with one attached hydrogen (secondary N) is 3. The van der Waals surface area contributed by atoms with E-state index in [-0.39, 0.29) is 50.2 Å². The van der Waals surface area contributed by atoms with Gasteiger partial charge >= 0.3 is 18.2 Å². The van der Waals surface area contributed by atoms with Gasteiger partial charge in [-0.3, -0.25) is 4.79 Å². The van der Waals surface area contributed by atoms with Crippen LogP contribution in [0.1, 0.15) is 53.0 Å². The normalized spacial score (nSPS) is 12.0. The van der Waals surface area contributed by atoms with Gasteiger partial charge in [0.1, 0.15) is 17.7 Å². The summed E-state index contributed by atoms with van der Waals surface area (Å²) in [6, 6.07) is 16.1. The Labute approximate surface area is 275 Å². The molecule has 248 valence electrons. The first-order valence-electron chi connectivity index (χ1n) is 15.3. The summed E-state index contributed by atoms with van der Waals surface area (Å²) in [5, 5.41) is 8.26. The molecule has 2 heterocycles. The number of aromatic nitrogens is 2. The zero-order valence-corrected chi connectivity index (χ0v) is 26.8. The third-order valence-corrected chi connectivity index (χ3v) is 6.68. The van der Waals surface area contributed by atoms with E-state index in [0.717, 1.165) is 18.4 Å². The highest BCUT2D eigenvalue weighted by Gasteiger charge is 2.16. The van der Waals surface area contributed by atoms with Gasteiger partial charge in [0, 0.05) is 24.2 Å². The van der Waals surface area contributed by atoms with Gasteiger partial charge in [-0.25, -0.2) is 14.4 Å². The molecule has 0 spiro atoms. The Morgan fingerprint density at radius 1 is 0.809 bits per heavy atom. The van der Waals surface area contributed by atoms with E-state index < -0.39 is 18.2 Å². The second-order valence-corrected chi connectivity index (χ2v) is 10.7. The van der Waals surface area contributed by atoms with Crippen LogP contribution in [0.25, 0.3) is 0 Å². The first kappa shape index (κ1) is 36.0. The molecule has 12 heteroatoms. The number of alkyl carbamates (subject to hydrolysis) is 2. The van der Waals surface area contributed by atoms with Crippen molar-refractivity contribution in [1.29, 1.82) is 0 Å². The summed E-state index contributed by atoms with van der Waals surface area (Å²) in [6.07, 6.45) is 13.0. The standard InChI is InChI=1S/C35H41N5O7/c1-4-5-6-8-13-27(2)37-34(43)46-26-40-20-12-17-31(24-40)33(42)45-21-18-36-32(41)30-16-11-19-39(23-30)25-47-35(44)38-28(3)22-29-14-9-7-10-15-29/h4-7,9-12,14-17,19-20,23-24,27-28H,1,8,13,18,21-22,25-26H2,2-3H3,(H-2,36,37,38,41,43,44)/p+2/b6-5-/t27-,28-/m0/s1. The van der Waals surface area contributed by atoms with Gasteiger partial charge in [-0.2, -0.15) is 9.13 Å². The molecular formula is C35H43N5O7+2. The number of hydrogen-bond donors (Lipinski definition) is 3. The molecule has 0 unspecified atom stereocenters. The van der Waals surface area contributed by atoms with Crippen LogP contribution in [0.4, 0.5) is 9.59 Å². The van der Waals surface area contributed by atoms with Crippen molar-refractivity contribution in [2.45, 2.75) is 58.7 Å². The van der Waals surface area contributed by atoms with Crippen LogP contribution >= 0.6 is 0 Å². The average molecular weight is 646 g/mol. The molecule has 1 aromatic carbocycles. The van der Waals surface area contributed by atoms with E-state index >= 15 is 0 Å². The lowest BCUT2D eigenvalue weighted by molar-refractivity contribution is -0.727. The van der Waals surface area contributed by atoms with E-state index in [2.05, 4.69) is 22.5 Å². The van der Waals surface area contributed by atoms with E-state index in [1.165, 1.54) is 6.20 Å². The zero-order valence-electron chi connectivity index (χ0n) is 26.8. The Bertz CT molecular complexity index is 1510. The van der Waals surface area contributed by atoms with E-state index in [1.807, 2.05) is 56.3 Å². The molecule has 0 bridgehead atoms. The fourth-order valence-corrected chi connectivity index (χ4v) is 4.33. The number of allylic oxidation sites excluding steroid dienone is 3. The van der Waals surface area contributed by atoms with Crippen molar-refractivity contribution < 1.29 is 42.5 Å². The predicted molar refractivity (Wildman–Crippen MR) is 173 cm³/mol. The molecule has 0 aliphatic carbocycles. The molecule has 0 radical (unpaired) electrons. The number of benzene rings is 1. The van der Waals surface area contributed by atoms with Gasteiger partial charge in [0.15, 0.2) is 24.8 Å². The topological polar surface area (TPSA) is 140 Å². The first-order valence-corrected chi connectivity index (χ1v) is 15.3. The van der Waals surface area contributed by atoms with Gasteiger partial charge in [-0.15, -0.1) is 0 Å². The lowest BCUT2D eigenvalue weighted by Gasteiger charge is -2.13. The third kappa shape index (κ3) is 14.0. The van der Waals surface area contributed by atoms with Crippen molar-refractivity contribution in [1.82, 2.24) is 16.0 Å². The Kier molecular flexibility index (Phi) is 15.1. The Hall–Kier alpha value is -5.52. The van der Waals surface area contributed by atoms with Crippen molar-refractivity contribution >= 4 is 24.1 Å². The van der Waals surface area contributed by atoms with Crippen molar-refractivity contribution in [2.75, 3.05) is 13.2 Å². The molecule has 0 saturated heterocycles. The number of pyridine rings is 2. The number of amides is 3. The molecule has 0 saturated carbocycles. The number of esters is 1. The molecule has 3 N–H and O–H groups in total. The fourth-order valence-electron chi connectivity index (χ4n) is 4.33. The van der Waals surface area contributed by atoms with E-state index in [9.17, 15) is 19.2 Å². The van der Waals surface area contributed by atoms with Crippen LogP contribution in [0.3, 0.4) is 0 Å². The molecule has 3 rings (SSSR count). The van der Waals surface area contributed by atoms with Crippen molar-refractivity contribution in [3.8, 4) is 0 Å². The fraction of sp³-hybridized carbons (Fsp3) is 0.314. The summed E-state index contributed by atoms with van der Waals surface area (Å²) in [5.74, 6) is -0.975. The SMILES string of the molecule is C=C/C=C\CC[C@H](C)NC(=O)OC[n+]1cccc(C(=O)OCCNC(=O)c2ccc[n+](COC(=O)N[C@@H](C)Cc3ccccc3)c2)c1. The molecule has 0 aliphatic rings. The summed E-state index contributed by atoms with van der Waals surface area (Å²) in [6.45, 7) is 7.25. The minimum atomic E-state index is -0.592. The van der Waals surface area contributed by atoms with Crippen LogP contribution in [0, 0.1) is 0 Å². The molecule has 47 heavy (non-hydrogen) atoms. The van der Waals surface area contributed by atoms with Gasteiger partial charge in [0.05, 0.1) is 6.54 Å². The van der Waals surface area contributed by atoms with Crippen LogP contribution in [0.15, 0.2) is 104 Å². The number of carbonyl (C=O) groups excluding carboxylic acids is 4. The van der Waals surface area contributed by atoms with Crippen molar-refractivity contribution in [2.24, 2.45) is 0 Å². The molecule has 0 fully saturated rings. The minimum Gasteiger partial charge on any atom is -0.460 e. The summed E-state index contributed by atoms with van der Waals surface area (Å²) < 4.78 is 18.9. The molecule has 2 atom stereocenters. The molecule has 3 amide bonds. The Balaban J connectivity index is 1.35. The highest BCUT2D eigenvalue weighted by Crippen LogP contribution is 2.03. The third-order valence-electron chi connectivity index (χ3n) is 6.68. The molecular weight excluding hydrogens is 602 g/mol. The quantitative estimate of drug-likeness (QED) is 0.0668. The smallest absolute Gasteiger partial charge is 0.412 e. The van der Waals surface area contributed by atoms with Gasteiger partial charge in [0.25, 0.3) is 19.4 Å². The van der Waals surface area contributed by atoms with Gasteiger partial charge in [-0.05, 0) is 50.8 Å². The highest BCUT2D eigenvalue weighted by molar-refractivity contribution is 5.93. The number of hydrogen-bond acceptors (Lipinski definition) is 7. The highest BCUT2D eigenvalue weighted by atomic mass is 16.6. The molecule has 0 aliphatic heterocycles. The number of carbonyl (C=O) groups is 4. The molecule has 12 nitrogen and oxygen atoms in total. The second kappa shape index (κ2) is 19.8. The van der Waals surface area contributed by atoms with Crippen LogP contribution in [0.5, 0.6) is 0 Å². The maximum Gasteiger partial charge on any atom is 0.412 e. The Morgan fingerprint density at radius 3 is 2.09 bits per heavy atom. The molecule has 3 aromatic rings. The summed E-state index contributed by atoms with van der Waals surface area (Å²) in [7, 11) is 0. The van der Waals surface area contributed by atoms with E-state index in [1.54, 1.807) is 58.1 Å². The number of rotatable bonds is 17. The van der Waals surface area contributed by atoms with E-state index in [4.69, 9.17) is 14.2 Å². The largest absolute Gasteiger partial charge is 0.460 e. The zero-order chi connectivity index (χ0) is 33.9. The predicted octanol–water partition coefficient (Wildman–Crippen LogP) is 3.76. The van der Waals surface area contributed by atoms with Crippen LogP contribution in [-0.4, -0.2) is 49.3 Å². The maximum absolute atomic E-state index is 12.6. The Morgan fingerprint density at radius 2 is 1.43 bits per heavy atom. The van der Waals surface area contributed by atoms with Crippen LogP contribution in [0.2, 0.25) is 0 Å². The summed E-state index contributed by atoms with van der Waals surface area (Å²) >= 11 is 0. The van der Waals surface area contributed by atoms with Crippen LogP contribution in [-0.2, 0) is 34.1 Å². The van der Waals surface area contributed by atoms with Gasteiger partial charge in [0.2, 0.25) is 0 Å². The van der Waals surface area contributed by atoms with Crippen LogP contribution < -0.4 is 25.1 Å². The summed E-state index contributed by atoms with van der Waals surface area (Å²) in [5.41, 5.74) is 1.70. The maximum atomic E-state index is 12.6. The van der Waals surface area contributed by atoms with Gasteiger partial charge < -0.3 is 30.2 Å². The monoisotopic (exact) mass is 645 g/mol. The average Bonchev–Trinajstić information content (AvgIpc) is 3.07. The second-order valence-electron chi connectivity index (χ2n) is 10.7. The van der Waals surface area contributed by atoms with E-state index in [0.29, 0.717) is 12.0 Å². The lowest BCUT2D eigenvalue weighted by atomic mass is 10.1. The van der Waals surface area contributed by atoms with Crippen molar-refractivity contribution in [3.63, 3.8) is 0 Å². The van der Waals surface area contributed by atoms with Crippen molar-refractivity contribution in [3.05, 3.63) is 121 Å². The summed E-state index contributed by atoms with van der Waals surface area (Å²) in [4.78, 5) is 49.5. The first-order chi connectivity index (χ1) is 22.7. The number of ether oxygens (including phenoxy) is 3.